The average Bonchev–Trinajstić information content (AvgIpc) is 2.64. The van der Waals surface area contributed by atoms with E-state index in [0.717, 1.165) is 42.9 Å². The number of carbonyl (C=O) groups excluding carboxylic acids is 1. The number of benzene rings is 2. The fourth-order valence-corrected chi connectivity index (χ4v) is 3.32. The summed E-state index contributed by atoms with van der Waals surface area (Å²) in [5, 5.41) is 3.63. The average molecular weight is 373 g/mol. The topological polar surface area (TPSA) is 41.6 Å². The largest absolute Gasteiger partial charge is 0.490 e. The molecule has 2 aromatic carbocycles. The van der Waals surface area contributed by atoms with Gasteiger partial charge in [-0.25, -0.2) is 0 Å². The molecule has 0 atom stereocenters. The highest BCUT2D eigenvalue weighted by Gasteiger charge is 2.17. The number of nitrogens with one attached hydrogen (secondary N) is 1. The van der Waals surface area contributed by atoms with Crippen molar-refractivity contribution in [2.45, 2.75) is 31.8 Å². The first-order valence-corrected chi connectivity index (χ1v) is 9.46. The molecule has 0 spiro atoms. The van der Waals surface area contributed by atoms with E-state index in [1.54, 1.807) is 0 Å². The molecule has 0 aromatic heterocycles. The Balaban J connectivity index is 1.46. The molecule has 4 nitrogen and oxygen atoms in total. The van der Waals surface area contributed by atoms with E-state index in [4.69, 9.17) is 16.3 Å². The van der Waals surface area contributed by atoms with E-state index < -0.39 is 0 Å². The third-order valence-electron chi connectivity index (χ3n) is 4.69. The molecule has 0 radical (unpaired) electrons. The lowest BCUT2D eigenvalue weighted by Crippen LogP contribution is -2.35. The lowest BCUT2D eigenvalue weighted by atomic mass is 10.1. The Kier molecular flexibility index (Phi) is 6.53. The van der Waals surface area contributed by atoms with Crippen molar-refractivity contribution < 1.29 is 9.53 Å². The molecule has 0 unspecified atom stereocenters. The monoisotopic (exact) mass is 372 g/mol. The Morgan fingerprint density at radius 3 is 2.54 bits per heavy atom. The highest BCUT2D eigenvalue weighted by Crippen LogP contribution is 2.21. The van der Waals surface area contributed by atoms with Crippen molar-refractivity contribution in [2.24, 2.45) is 0 Å². The van der Waals surface area contributed by atoms with Crippen LogP contribution in [0, 0.1) is 0 Å². The molecule has 26 heavy (non-hydrogen) atoms. The second kappa shape index (κ2) is 9.06. The number of hydrogen-bond donors (Lipinski definition) is 1. The van der Waals surface area contributed by atoms with Gasteiger partial charge in [0.05, 0.1) is 0 Å². The molecule has 1 heterocycles. The molecule has 138 valence electrons. The quantitative estimate of drug-likeness (QED) is 0.817. The number of halogens is 1. The van der Waals surface area contributed by atoms with Gasteiger partial charge in [0.2, 0.25) is 5.91 Å². The fraction of sp³-hybridized carbons (Fsp3) is 0.381. The van der Waals surface area contributed by atoms with E-state index in [1.807, 2.05) is 48.5 Å². The second-order valence-corrected chi connectivity index (χ2v) is 7.19. The predicted molar refractivity (Wildman–Crippen MR) is 106 cm³/mol. The van der Waals surface area contributed by atoms with Gasteiger partial charge in [-0.1, -0.05) is 29.8 Å². The number of nitrogens with zero attached hydrogens (tertiary/aromatic N) is 1. The smallest absolute Gasteiger partial charge is 0.224 e. The maximum Gasteiger partial charge on any atom is 0.224 e. The highest BCUT2D eigenvalue weighted by atomic mass is 35.5. The summed E-state index contributed by atoms with van der Waals surface area (Å²) in [6, 6.07) is 15.2. The number of likely N-dealkylation sites (tertiary alicyclic amines) is 1. The number of aryl methyl sites for hydroxylation is 1. The third-order valence-corrected chi connectivity index (χ3v) is 5.05. The number of hydrogen-bond acceptors (Lipinski definition) is 3. The fourth-order valence-electron chi connectivity index (χ4n) is 3.08. The van der Waals surface area contributed by atoms with E-state index in [0.29, 0.717) is 17.9 Å². The zero-order valence-electron chi connectivity index (χ0n) is 15.1. The van der Waals surface area contributed by atoms with Crippen molar-refractivity contribution in [1.29, 1.82) is 0 Å². The third kappa shape index (κ3) is 5.48. The molecular formula is C21H25ClN2O2. The summed E-state index contributed by atoms with van der Waals surface area (Å²) >= 11 is 6.13. The van der Waals surface area contributed by atoms with Crippen LogP contribution in [0.1, 0.15) is 24.8 Å². The van der Waals surface area contributed by atoms with Crippen LogP contribution in [0.4, 0.5) is 5.69 Å². The van der Waals surface area contributed by atoms with Gasteiger partial charge >= 0.3 is 0 Å². The Morgan fingerprint density at radius 2 is 1.85 bits per heavy atom. The molecule has 3 rings (SSSR count). The Bertz CT molecular complexity index is 725. The van der Waals surface area contributed by atoms with Crippen LogP contribution in [0.2, 0.25) is 5.02 Å². The van der Waals surface area contributed by atoms with Gasteiger partial charge in [0.1, 0.15) is 11.9 Å². The van der Waals surface area contributed by atoms with Crippen molar-refractivity contribution in [1.82, 2.24) is 4.90 Å². The number of ether oxygens (including phenoxy) is 1. The summed E-state index contributed by atoms with van der Waals surface area (Å²) < 4.78 is 6.03. The van der Waals surface area contributed by atoms with Crippen LogP contribution in [0.25, 0.3) is 0 Å². The molecule has 1 saturated heterocycles. The summed E-state index contributed by atoms with van der Waals surface area (Å²) in [5.74, 6) is 0.836. The normalized spacial score (nSPS) is 15.6. The van der Waals surface area contributed by atoms with Gasteiger partial charge < -0.3 is 15.0 Å². The highest BCUT2D eigenvalue weighted by molar-refractivity contribution is 6.31. The van der Waals surface area contributed by atoms with Crippen molar-refractivity contribution in [3.05, 3.63) is 59.1 Å². The molecule has 1 aliphatic rings. The molecule has 1 fully saturated rings. The molecule has 1 amide bonds. The van der Waals surface area contributed by atoms with Crippen LogP contribution in [0.3, 0.4) is 0 Å². The molecule has 0 aliphatic carbocycles. The van der Waals surface area contributed by atoms with Gasteiger partial charge in [0, 0.05) is 30.2 Å². The molecule has 5 heteroatoms. The Morgan fingerprint density at radius 1 is 1.15 bits per heavy atom. The van der Waals surface area contributed by atoms with Crippen molar-refractivity contribution in [3.63, 3.8) is 0 Å². The van der Waals surface area contributed by atoms with Crippen molar-refractivity contribution >= 4 is 23.2 Å². The van der Waals surface area contributed by atoms with Gasteiger partial charge in [-0.2, -0.15) is 0 Å². The second-order valence-electron chi connectivity index (χ2n) is 6.78. The lowest BCUT2D eigenvalue weighted by molar-refractivity contribution is -0.116. The van der Waals surface area contributed by atoms with E-state index in [9.17, 15) is 4.79 Å². The molecule has 2 aromatic rings. The summed E-state index contributed by atoms with van der Waals surface area (Å²) in [5.41, 5.74) is 1.77. The molecular weight excluding hydrogens is 348 g/mol. The Hall–Kier alpha value is -2.04. The van der Waals surface area contributed by atoms with Crippen molar-refractivity contribution in [2.75, 3.05) is 25.5 Å². The summed E-state index contributed by atoms with van der Waals surface area (Å²) in [4.78, 5) is 14.5. The van der Waals surface area contributed by atoms with Crippen LogP contribution < -0.4 is 10.1 Å². The first-order chi connectivity index (χ1) is 12.6. The number of piperidine rings is 1. The summed E-state index contributed by atoms with van der Waals surface area (Å²) in [6.45, 7) is 2.15. The van der Waals surface area contributed by atoms with Crippen molar-refractivity contribution in [3.8, 4) is 5.75 Å². The van der Waals surface area contributed by atoms with Gasteiger partial charge in [-0.15, -0.1) is 0 Å². The van der Waals surface area contributed by atoms with Crippen LogP contribution in [-0.2, 0) is 11.2 Å². The molecule has 0 bridgehead atoms. The minimum absolute atomic E-state index is 0.0195. The molecule has 0 saturated carbocycles. The number of rotatable bonds is 6. The predicted octanol–water partition coefficient (Wildman–Crippen LogP) is 4.38. The zero-order valence-corrected chi connectivity index (χ0v) is 15.8. The number of anilines is 1. The first kappa shape index (κ1) is 18.7. The van der Waals surface area contributed by atoms with Crippen LogP contribution in [-0.4, -0.2) is 37.0 Å². The van der Waals surface area contributed by atoms with E-state index >= 15 is 0 Å². The van der Waals surface area contributed by atoms with Crippen LogP contribution in [0.15, 0.2) is 48.5 Å². The zero-order chi connectivity index (χ0) is 18.4. The van der Waals surface area contributed by atoms with Crippen LogP contribution >= 0.6 is 11.6 Å². The van der Waals surface area contributed by atoms with Gasteiger partial charge in [-0.3, -0.25) is 4.79 Å². The van der Waals surface area contributed by atoms with Gasteiger partial charge in [0.25, 0.3) is 0 Å². The van der Waals surface area contributed by atoms with E-state index in [-0.39, 0.29) is 12.0 Å². The van der Waals surface area contributed by atoms with E-state index in [2.05, 4.69) is 17.3 Å². The molecule has 1 aliphatic heterocycles. The van der Waals surface area contributed by atoms with E-state index in [1.165, 1.54) is 0 Å². The van der Waals surface area contributed by atoms with Gasteiger partial charge in [-0.05, 0) is 62.2 Å². The number of carbonyl (C=O) groups is 1. The minimum Gasteiger partial charge on any atom is -0.490 e. The Labute approximate surface area is 160 Å². The first-order valence-electron chi connectivity index (χ1n) is 9.08. The SMILES string of the molecule is CN1CCC(Oc2ccc(NC(=O)CCc3ccccc3Cl)cc2)CC1. The lowest BCUT2D eigenvalue weighted by Gasteiger charge is -2.29. The maximum atomic E-state index is 12.1. The van der Waals surface area contributed by atoms with Gasteiger partial charge in [0.15, 0.2) is 0 Å². The maximum absolute atomic E-state index is 12.1. The number of amides is 1. The van der Waals surface area contributed by atoms with Crippen LogP contribution in [0.5, 0.6) is 5.75 Å². The summed E-state index contributed by atoms with van der Waals surface area (Å²) in [6.07, 6.45) is 3.41. The minimum atomic E-state index is -0.0195. The standard InChI is InChI=1S/C21H25ClN2O2/c1-24-14-12-19(13-15-24)26-18-9-7-17(8-10-18)23-21(25)11-6-16-4-2-3-5-20(16)22/h2-5,7-10,19H,6,11-15H2,1H3,(H,23,25). The summed E-state index contributed by atoms with van der Waals surface area (Å²) in [7, 11) is 2.14. The molecule has 1 N–H and O–H groups in total.